The summed E-state index contributed by atoms with van der Waals surface area (Å²) >= 11 is 11.8. The Hall–Kier alpha value is -1.26. The molecule has 0 radical (unpaired) electrons. The first-order valence-corrected chi connectivity index (χ1v) is 6.56. The van der Waals surface area contributed by atoms with E-state index in [-0.39, 0.29) is 21.5 Å². The van der Waals surface area contributed by atoms with Crippen molar-refractivity contribution in [3.63, 3.8) is 0 Å². The molecule has 0 heterocycles. The van der Waals surface area contributed by atoms with Crippen LogP contribution in [0.2, 0.25) is 10.0 Å². The Labute approximate surface area is 121 Å². The lowest BCUT2D eigenvalue weighted by atomic mass is 10.0. The standard InChI is InChI=1S/C13H15Cl2NO3/c1-7(2)6-10(13(18)19)16-12(17)11-8(14)4-3-5-9(11)15/h3-5,7,10H,6H2,1-2H3,(H,16,17)(H,18,19)/t10-/m1/s1. The first kappa shape index (κ1) is 15.8. The van der Waals surface area contributed by atoms with Crippen LogP contribution in [0.4, 0.5) is 0 Å². The molecule has 104 valence electrons. The second-order valence-corrected chi connectivity index (χ2v) is 5.40. The highest BCUT2D eigenvalue weighted by molar-refractivity contribution is 6.39. The number of carbonyl (C=O) groups excluding carboxylic acids is 1. The molecule has 0 bridgehead atoms. The van der Waals surface area contributed by atoms with Crippen LogP contribution in [0.3, 0.4) is 0 Å². The zero-order valence-electron chi connectivity index (χ0n) is 10.6. The molecule has 0 saturated carbocycles. The van der Waals surface area contributed by atoms with E-state index in [1.165, 1.54) is 12.1 Å². The van der Waals surface area contributed by atoms with Crippen LogP contribution in [0, 0.1) is 5.92 Å². The van der Waals surface area contributed by atoms with E-state index in [0.29, 0.717) is 6.42 Å². The zero-order chi connectivity index (χ0) is 14.6. The molecular weight excluding hydrogens is 289 g/mol. The first-order valence-electron chi connectivity index (χ1n) is 5.80. The maximum atomic E-state index is 12.0. The lowest BCUT2D eigenvalue weighted by molar-refractivity contribution is -0.139. The number of carbonyl (C=O) groups is 2. The highest BCUT2D eigenvalue weighted by Gasteiger charge is 2.23. The van der Waals surface area contributed by atoms with Crippen LogP contribution in [0.15, 0.2) is 18.2 Å². The van der Waals surface area contributed by atoms with E-state index in [9.17, 15) is 9.59 Å². The van der Waals surface area contributed by atoms with Gasteiger partial charge in [0.25, 0.3) is 5.91 Å². The van der Waals surface area contributed by atoms with Crippen LogP contribution in [0.25, 0.3) is 0 Å². The van der Waals surface area contributed by atoms with E-state index in [1.807, 2.05) is 13.8 Å². The average Bonchev–Trinajstić information content (AvgIpc) is 2.27. The van der Waals surface area contributed by atoms with E-state index >= 15 is 0 Å². The highest BCUT2D eigenvalue weighted by atomic mass is 35.5. The third-order valence-corrected chi connectivity index (χ3v) is 3.13. The summed E-state index contributed by atoms with van der Waals surface area (Å²) in [7, 11) is 0. The maximum Gasteiger partial charge on any atom is 0.326 e. The fraction of sp³-hybridized carbons (Fsp3) is 0.385. The Morgan fingerprint density at radius 1 is 1.26 bits per heavy atom. The van der Waals surface area contributed by atoms with Gasteiger partial charge in [0.15, 0.2) is 0 Å². The summed E-state index contributed by atoms with van der Waals surface area (Å²) in [6, 6.07) is 3.71. The average molecular weight is 304 g/mol. The van der Waals surface area contributed by atoms with Crippen LogP contribution in [-0.2, 0) is 4.79 Å². The molecule has 1 atom stereocenters. The topological polar surface area (TPSA) is 66.4 Å². The highest BCUT2D eigenvalue weighted by Crippen LogP contribution is 2.24. The number of amides is 1. The second-order valence-electron chi connectivity index (χ2n) is 4.59. The molecule has 0 spiro atoms. The number of carboxylic acids is 1. The van der Waals surface area contributed by atoms with Crippen LogP contribution in [-0.4, -0.2) is 23.0 Å². The van der Waals surface area contributed by atoms with Gasteiger partial charge >= 0.3 is 5.97 Å². The van der Waals surface area contributed by atoms with Crippen molar-refractivity contribution in [1.82, 2.24) is 5.32 Å². The van der Waals surface area contributed by atoms with Crippen molar-refractivity contribution in [2.75, 3.05) is 0 Å². The second kappa shape index (κ2) is 6.78. The first-order chi connectivity index (χ1) is 8.82. The summed E-state index contributed by atoms with van der Waals surface area (Å²) in [4.78, 5) is 23.1. The van der Waals surface area contributed by atoms with Crippen LogP contribution in [0.5, 0.6) is 0 Å². The van der Waals surface area contributed by atoms with Crippen molar-refractivity contribution in [3.05, 3.63) is 33.8 Å². The summed E-state index contributed by atoms with van der Waals surface area (Å²) in [6.45, 7) is 3.76. The molecule has 1 aromatic rings. The molecule has 0 unspecified atom stereocenters. The fourth-order valence-electron chi connectivity index (χ4n) is 1.64. The van der Waals surface area contributed by atoms with Gasteiger partial charge in [0.1, 0.15) is 6.04 Å². The van der Waals surface area contributed by atoms with Crippen LogP contribution in [0.1, 0.15) is 30.6 Å². The molecule has 0 saturated heterocycles. The van der Waals surface area contributed by atoms with Gasteiger partial charge in [-0.15, -0.1) is 0 Å². The predicted octanol–water partition coefficient (Wildman–Crippen LogP) is 3.22. The maximum absolute atomic E-state index is 12.0. The van der Waals surface area contributed by atoms with Crippen molar-refractivity contribution in [2.24, 2.45) is 5.92 Å². The van der Waals surface area contributed by atoms with Gasteiger partial charge in [-0.05, 0) is 24.5 Å². The smallest absolute Gasteiger partial charge is 0.326 e. The number of aliphatic carboxylic acids is 1. The molecule has 0 fully saturated rings. The van der Waals surface area contributed by atoms with Gasteiger partial charge < -0.3 is 10.4 Å². The van der Waals surface area contributed by atoms with Gasteiger partial charge in [-0.25, -0.2) is 4.79 Å². The van der Waals surface area contributed by atoms with Gasteiger partial charge in [-0.2, -0.15) is 0 Å². The summed E-state index contributed by atoms with van der Waals surface area (Å²) in [6.07, 6.45) is 0.336. The van der Waals surface area contributed by atoms with Gasteiger partial charge in [0, 0.05) is 0 Å². The minimum absolute atomic E-state index is 0.0980. The van der Waals surface area contributed by atoms with Crippen LogP contribution < -0.4 is 5.32 Å². The number of halogens is 2. The van der Waals surface area contributed by atoms with E-state index in [0.717, 1.165) is 0 Å². The molecule has 1 amide bonds. The van der Waals surface area contributed by atoms with Crippen molar-refractivity contribution in [3.8, 4) is 0 Å². The largest absolute Gasteiger partial charge is 0.480 e. The Balaban J connectivity index is 2.91. The Bertz CT molecular complexity index is 469. The minimum atomic E-state index is -1.08. The van der Waals surface area contributed by atoms with Crippen molar-refractivity contribution in [1.29, 1.82) is 0 Å². The summed E-state index contributed by atoms with van der Waals surface area (Å²) in [5.74, 6) is -1.52. The zero-order valence-corrected chi connectivity index (χ0v) is 12.1. The summed E-state index contributed by atoms with van der Waals surface area (Å²) in [5.41, 5.74) is 0.0980. The third kappa shape index (κ3) is 4.40. The lowest BCUT2D eigenvalue weighted by Gasteiger charge is -2.17. The number of carboxylic acid groups (broad SMARTS) is 1. The molecule has 1 aromatic carbocycles. The van der Waals surface area contributed by atoms with E-state index in [1.54, 1.807) is 6.07 Å². The molecule has 1 rings (SSSR count). The minimum Gasteiger partial charge on any atom is -0.480 e. The quantitative estimate of drug-likeness (QED) is 0.877. The van der Waals surface area contributed by atoms with Gasteiger partial charge in [-0.1, -0.05) is 43.1 Å². The lowest BCUT2D eigenvalue weighted by Crippen LogP contribution is -2.41. The molecule has 19 heavy (non-hydrogen) atoms. The number of hydrogen-bond acceptors (Lipinski definition) is 2. The molecule has 0 aliphatic heterocycles. The normalized spacial score (nSPS) is 12.3. The molecule has 4 nitrogen and oxygen atoms in total. The fourth-order valence-corrected chi connectivity index (χ4v) is 2.21. The summed E-state index contributed by atoms with van der Waals surface area (Å²) < 4.78 is 0. The van der Waals surface area contributed by atoms with Gasteiger partial charge in [-0.3, -0.25) is 4.79 Å². The summed E-state index contributed by atoms with van der Waals surface area (Å²) in [5, 5.41) is 11.9. The number of hydrogen-bond donors (Lipinski definition) is 2. The Morgan fingerprint density at radius 3 is 2.21 bits per heavy atom. The Kier molecular flexibility index (Phi) is 5.63. The van der Waals surface area contributed by atoms with Gasteiger partial charge in [0.05, 0.1) is 15.6 Å². The Morgan fingerprint density at radius 2 is 1.79 bits per heavy atom. The molecule has 6 heteroatoms. The van der Waals surface area contributed by atoms with Crippen LogP contribution >= 0.6 is 23.2 Å². The molecular formula is C13H15Cl2NO3. The van der Waals surface area contributed by atoms with E-state index < -0.39 is 17.9 Å². The third-order valence-electron chi connectivity index (χ3n) is 2.50. The van der Waals surface area contributed by atoms with Crippen molar-refractivity contribution < 1.29 is 14.7 Å². The van der Waals surface area contributed by atoms with Crippen molar-refractivity contribution in [2.45, 2.75) is 26.3 Å². The monoisotopic (exact) mass is 303 g/mol. The number of benzene rings is 1. The van der Waals surface area contributed by atoms with Crippen molar-refractivity contribution >= 4 is 35.1 Å². The van der Waals surface area contributed by atoms with E-state index in [4.69, 9.17) is 28.3 Å². The van der Waals surface area contributed by atoms with E-state index in [2.05, 4.69) is 5.32 Å². The molecule has 2 N–H and O–H groups in total. The SMILES string of the molecule is CC(C)C[C@@H](NC(=O)c1c(Cl)cccc1Cl)C(=O)O. The predicted molar refractivity (Wildman–Crippen MR) is 74.8 cm³/mol. The molecule has 0 aromatic heterocycles. The number of rotatable bonds is 5. The number of nitrogens with one attached hydrogen (secondary N) is 1. The molecule has 0 aliphatic carbocycles. The molecule has 0 aliphatic rings. The van der Waals surface area contributed by atoms with Gasteiger partial charge in [0.2, 0.25) is 0 Å².